The Hall–Kier alpha value is 0.500. The Bertz CT molecular complexity index is 103. The lowest BCUT2D eigenvalue weighted by Crippen LogP contribution is -2.00. The normalized spacial score (nSPS) is 38.1. The lowest BCUT2D eigenvalue weighted by molar-refractivity contribution is 0.674. The molecule has 0 radical (unpaired) electrons. The summed E-state index contributed by atoms with van der Waals surface area (Å²) in [5, 5.41) is 0. The van der Waals surface area contributed by atoms with E-state index in [1.807, 2.05) is 0 Å². The molecule has 0 aromatic heterocycles. The molecule has 1 rings (SSSR count). The lowest BCUT2D eigenvalue weighted by atomic mass is 10.2. The van der Waals surface area contributed by atoms with Crippen LogP contribution < -0.4 is 0 Å². The van der Waals surface area contributed by atoms with Crippen molar-refractivity contribution in [1.29, 1.82) is 0 Å². The Balaban J connectivity index is 2.32. The summed E-state index contributed by atoms with van der Waals surface area (Å²) in [5.41, 5.74) is 0. The Kier molecular flexibility index (Phi) is 2.38. The van der Waals surface area contributed by atoms with Gasteiger partial charge >= 0.3 is 0 Å². The number of hydrogen-bond acceptors (Lipinski definition) is 2. The fourth-order valence-corrected chi connectivity index (χ4v) is 2.93. The molecule has 0 aliphatic carbocycles. The molecule has 1 saturated heterocycles. The van der Waals surface area contributed by atoms with Crippen molar-refractivity contribution in [2.75, 3.05) is 17.3 Å². The van der Waals surface area contributed by atoms with Gasteiger partial charge in [-0.15, -0.1) is 0 Å². The molecular weight excluding hydrogens is 140 g/mol. The quantitative estimate of drug-likeness (QED) is 0.544. The summed E-state index contributed by atoms with van der Waals surface area (Å²) in [7, 11) is -0.502. The highest BCUT2D eigenvalue weighted by atomic mass is 32.2. The van der Waals surface area contributed by atoms with Crippen molar-refractivity contribution in [3.05, 3.63) is 0 Å². The van der Waals surface area contributed by atoms with E-state index in [-0.39, 0.29) is 0 Å². The Morgan fingerprint density at radius 1 is 1.75 bits per heavy atom. The van der Waals surface area contributed by atoms with Crippen molar-refractivity contribution in [1.82, 2.24) is 0 Å². The molecule has 2 atom stereocenters. The lowest BCUT2D eigenvalue weighted by Gasteiger charge is -1.97. The molecule has 48 valence electrons. The minimum atomic E-state index is -0.502. The Morgan fingerprint density at radius 2 is 2.50 bits per heavy atom. The predicted octanol–water partition coefficient (Wildman–Crippen LogP) is 0.685. The van der Waals surface area contributed by atoms with Gasteiger partial charge in [-0.1, -0.05) is 0 Å². The molecule has 1 aliphatic heterocycles. The third-order valence-corrected chi connectivity index (χ3v) is 3.48. The second kappa shape index (κ2) is 2.87. The van der Waals surface area contributed by atoms with E-state index in [9.17, 15) is 4.21 Å². The summed E-state index contributed by atoms with van der Waals surface area (Å²) in [5.74, 6) is 3.35. The van der Waals surface area contributed by atoms with Crippen LogP contribution in [0.2, 0.25) is 0 Å². The zero-order valence-electron chi connectivity index (χ0n) is 4.67. The molecule has 1 fully saturated rings. The minimum Gasteiger partial charge on any atom is -0.260 e. The largest absolute Gasteiger partial charge is 0.260 e. The van der Waals surface area contributed by atoms with Crippen LogP contribution in [-0.4, -0.2) is 21.5 Å². The topological polar surface area (TPSA) is 17.1 Å². The van der Waals surface area contributed by atoms with E-state index in [1.54, 1.807) is 0 Å². The zero-order chi connectivity index (χ0) is 5.98. The first-order chi connectivity index (χ1) is 3.83. The first-order valence-corrected chi connectivity index (χ1v) is 4.91. The van der Waals surface area contributed by atoms with Gasteiger partial charge in [0.25, 0.3) is 0 Å². The second-order valence-corrected chi connectivity index (χ2v) is 4.13. The van der Waals surface area contributed by atoms with Crippen molar-refractivity contribution in [3.8, 4) is 0 Å². The first-order valence-electron chi connectivity index (χ1n) is 2.78. The van der Waals surface area contributed by atoms with Gasteiger partial charge in [0, 0.05) is 22.3 Å². The van der Waals surface area contributed by atoms with E-state index in [1.165, 1.54) is 0 Å². The highest BCUT2D eigenvalue weighted by Gasteiger charge is 2.18. The standard InChI is InChI=1S/C5H10OS2/c6-8-2-1-5(3-7)4-8/h5,7H,1-4H2. The molecule has 0 aromatic rings. The summed E-state index contributed by atoms with van der Waals surface area (Å²) >= 11 is 4.12. The molecule has 0 aromatic carbocycles. The summed E-state index contributed by atoms with van der Waals surface area (Å²) in [6.45, 7) is 0. The van der Waals surface area contributed by atoms with Crippen LogP contribution in [0.1, 0.15) is 6.42 Å². The summed E-state index contributed by atoms with van der Waals surface area (Å²) in [6, 6.07) is 0. The summed E-state index contributed by atoms with van der Waals surface area (Å²) < 4.78 is 10.7. The Labute approximate surface area is 57.7 Å². The van der Waals surface area contributed by atoms with Gasteiger partial charge in [0.05, 0.1) is 0 Å². The summed E-state index contributed by atoms with van der Waals surface area (Å²) in [4.78, 5) is 0. The van der Waals surface area contributed by atoms with Gasteiger partial charge in [0.1, 0.15) is 0 Å². The second-order valence-electron chi connectivity index (χ2n) is 2.15. The summed E-state index contributed by atoms with van der Waals surface area (Å²) in [6.07, 6.45) is 1.12. The van der Waals surface area contributed by atoms with Crippen LogP contribution in [-0.2, 0) is 10.8 Å². The van der Waals surface area contributed by atoms with Crippen LogP contribution in [0.15, 0.2) is 0 Å². The van der Waals surface area contributed by atoms with Crippen molar-refractivity contribution in [2.24, 2.45) is 5.92 Å². The van der Waals surface area contributed by atoms with E-state index < -0.39 is 10.8 Å². The monoisotopic (exact) mass is 150 g/mol. The minimum absolute atomic E-state index is 0.502. The number of thiol groups is 1. The molecule has 0 saturated carbocycles. The van der Waals surface area contributed by atoms with Crippen molar-refractivity contribution in [2.45, 2.75) is 6.42 Å². The molecule has 0 bridgehead atoms. The van der Waals surface area contributed by atoms with Gasteiger partial charge in [0.15, 0.2) is 0 Å². The molecular formula is C5H10OS2. The van der Waals surface area contributed by atoms with Gasteiger partial charge in [0.2, 0.25) is 0 Å². The van der Waals surface area contributed by atoms with E-state index in [4.69, 9.17) is 0 Å². The van der Waals surface area contributed by atoms with Crippen LogP contribution in [0.25, 0.3) is 0 Å². The van der Waals surface area contributed by atoms with Gasteiger partial charge in [-0.05, 0) is 18.1 Å². The maximum Gasteiger partial charge on any atom is 0.0271 e. The molecule has 8 heavy (non-hydrogen) atoms. The van der Waals surface area contributed by atoms with E-state index in [2.05, 4.69) is 12.6 Å². The van der Waals surface area contributed by atoms with Crippen molar-refractivity contribution >= 4 is 23.4 Å². The molecule has 3 heteroatoms. The highest BCUT2D eigenvalue weighted by molar-refractivity contribution is 7.85. The van der Waals surface area contributed by atoms with Crippen molar-refractivity contribution < 1.29 is 4.21 Å². The van der Waals surface area contributed by atoms with Gasteiger partial charge in [-0.2, -0.15) is 12.6 Å². The van der Waals surface area contributed by atoms with E-state index >= 15 is 0 Å². The Morgan fingerprint density at radius 3 is 2.75 bits per heavy atom. The molecule has 1 heterocycles. The number of rotatable bonds is 1. The smallest absolute Gasteiger partial charge is 0.0271 e. The highest BCUT2D eigenvalue weighted by Crippen LogP contribution is 2.15. The van der Waals surface area contributed by atoms with Gasteiger partial charge < -0.3 is 0 Å². The van der Waals surface area contributed by atoms with Crippen LogP contribution in [0.4, 0.5) is 0 Å². The predicted molar refractivity (Wildman–Crippen MR) is 39.8 cm³/mol. The van der Waals surface area contributed by atoms with Crippen LogP contribution in [0, 0.1) is 5.92 Å². The molecule has 0 amide bonds. The van der Waals surface area contributed by atoms with Crippen LogP contribution in [0.3, 0.4) is 0 Å². The third-order valence-electron chi connectivity index (χ3n) is 1.43. The molecule has 2 unspecified atom stereocenters. The fraction of sp³-hybridized carbons (Fsp3) is 1.00. The van der Waals surface area contributed by atoms with E-state index in [0.29, 0.717) is 5.92 Å². The molecule has 0 N–H and O–H groups in total. The SMILES string of the molecule is O=S1CCC(CS)C1. The third kappa shape index (κ3) is 1.49. The fourth-order valence-electron chi connectivity index (χ4n) is 0.872. The maximum absolute atomic E-state index is 10.7. The van der Waals surface area contributed by atoms with Crippen LogP contribution >= 0.6 is 12.6 Å². The van der Waals surface area contributed by atoms with Gasteiger partial charge in [-0.25, -0.2) is 0 Å². The average molecular weight is 150 g/mol. The zero-order valence-corrected chi connectivity index (χ0v) is 6.38. The molecule has 0 spiro atoms. The van der Waals surface area contributed by atoms with E-state index in [0.717, 1.165) is 23.7 Å². The molecule has 1 nitrogen and oxygen atoms in total. The van der Waals surface area contributed by atoms with Crippen LogP contribution in [0.5, 0.6) is 0 Å². The molecule has 1 aliphatic rings. The van der Waals surface area contributed by atoms with Gasteiger partial charge in [-0.3, -0.25) is 4.21 Å². The number of hydrogen-bond donors (Lipinski definition) is 1. The average Bonchev–Trinajstić information content (AvgIpc) is 2.14. The first kappa shape index (κ1) is 6.62. The maximum atomic E-state index is 10.7. The van der Waals surface area contributed by atoms with Crippen molar-refractivity contribution in [3.63, 3.8) is 0 Å².